The van der Waals surface area contributed by atoms with Gasteiger partial charge in [-0.15, -0.1) is 0 Å². The summed E-state index contributed by atoms with van der Waals surface area (Å²) in [6.07, 6.45) is 5.89. The van der Waals surface area contributed by atoms with Gasteiger partial charge in [-0.3, -0.25) is 4.79 Å². The topological polar surface area (TPSA) is 55.1 Å². The van der Waals surface area contributed by atoms with Gasteiger partial charge in [0.05, 0.1) is 0 Å². The molecule has 0 aliphatic heterocycles. The summed E-state index contributed by atoms with van der Waals surface area (Å²) in [5.74, 6) is 0.180. The van der Waals surface area contributed by atoms with E-state index in [4.69, 9.17) is 5.73 Å². The number of hydrogen-bond acceptors (Lipinski definition) is 2. The molecule has 1 amide bonds. The van der Waals surface area contributed by atoms with E-state index in [0.717, 1.165) is 32.1 Å². The lowest BCUT2D eigenvalue weighted by Gasteiger charge is -2.10. The molecule has 0 heterocycles. The Labute approximate surface area is 108 Å². The molecule has 1 aromatic carbocycles. The molecule has 1 aromatic rings. The Morgan fingerprint density at radius 2 is 1.94 bits per heavy atom. The van der Waals surface area contributed by atoms with Crippen molar-refractivity contribution >= 4 is 5.91 Å². The van der Waals surface area contributed by atoms with Crippen molar-refractivity contribution in [3.63, 3.8) is 0 Å². The minimum Gasteiger partial charge on any atom is -0.353 e. The van der Waals surface area contributed by atoms with E-state index < -0.39 is 0 Å². The normalized spacial score (nSPS) is 20.5. The summed E-state index contributed by atoms with van der Waals surface area (Å²) in [5, 5.41) is 3.01. The number of carbonyl (C=O) groups is 1. The average Bonchev–Trinajstić information content (AvgIpc) is 3.27. The third-order valence-electron chi connectivity index (χ3n) is 3.90. The van der Waals surface area contributed by atoms with E-state index in [0.29, 0.717) is 12.5 Å². The molecule has 0 unspecified atom stereocenters. The van der Waals surface area contributed by atoms with Crippen molar-refractivity contribution in [1.29, 1.82) is 0 Å². The summed E-state index contributed by atoms with van der Waals surface area (Å²) < 4.78 is 0. The van der Waals surface area contributed by atoms with Crippen molar-refractivity contribution in [2.75, 3.05) is 0 Å². The second kappa shape index (κ2) is 4.39. The van der Waals surface area contributed by atoms with E-state index in [1.165, 1.54) is 11.1 Å². The van der Waals surface area contributed by atoms with E-state index in [9.17, 15) is 4.79 Å². The number of nitrogens with one attached hydrogen (secondary N) is 1. The number of carbonyl (C=O) groups excluding carboxylic acids is 1. The predicted molar refractivity (Wildman–Crippen MR) is 71.0 cm³/mol. The third kappa shape index (κ3) is 2.72. The molecule has 0 radical (unpaired) electrons. The van der Waals surface area contributed by atoms with Crippen molar-refractivity contribution in [3.05, 3.63) is 35.4 Å². The Hall–Kier alpha value is -1.35. The molecule has 3 heteroatoms. The fourth-order valence-corrected chi connectivity index (χ4v) is 2.21. The maximum atomic E-state index is 11.6. The van der Waals surface area contributed by atoms with Crippen LogP contribution in [0.25, 0.3) is 0 Å². The van der Waals surface area contributed by atoms with Gasteiger partial charge in [0.25, 0.3) is 0 Å². The van der Waals surface area contributed by atoms with Crippen molar-refractivity contribution in [2.45, 2.75) is 50.1 Å². The van der Waals surface area contributed by atoms with Crippen LogP contribution in [0, 0.1) is 0 Å². The van der Waals surface area contributed by atoms with Crippen LogP contribution in [-0.2, 0) is 16.8 Å². The Morgan fingerprint density at radius 3 is 2.50 bits per heavy atom. The highest BCUT2D eigenvalue weighted by molar-refractivity contribution is 5.76. The number of nitrogens with two attached hydrogens (primary N) is 1. The average molecular weight is 244 g/mol. The minimum atomic E-state index is -0.0537. The molecule has 2 aliphatic rings. The lowest BCUT2D eigenvalue weighted by molar-refractivity contribution is -0.121. The smallest absolute Gasteiger partial charge is 0.220 e. The lowest BCUT2D eigenvalue weighted by Crippen LogP contribution is -2.25. The van der Waals surface area contributed by atoms with Gasteiger partial charge < -0.3 is 11.1 Å². The first-order valence-corrected chi connectivity index (χ1v) is 6.83. The van der Waals surface area contributed by atoms with Gasteiger partial charge >= 0.3 is 0 Å². The highest BCUT2D eigenvalue weighted by Crippen LogP contribution is 2.42. The highest BCUT2D eigenvalue weighted by atomic mass is 16.1. The van der Waals surface area contributed by atoms with Crippen LogP contribution in [0.5, 0.6) is 0 Å². The molecule has 0 bridgehead atoms. The van der Waals surface area contributed by atoms with Crippen molar-refractivity contribution < 1.29 is 4.79 Å². The van der Waals surface area contributed by atoms with Gasteiger partial charge in [-0.25, -0.2) is 0 Å². The molecule has 3 N–H and O–H groups in total. The van der Waals surface area contributed by atoms with E-state index in [1.54, 1.807) is 0 Å². The van der Waals surface area contributed by atoms with Crippen LogP contribution < -0.4 is 11.1 Å². The fourth-order valence-electron chi connectivity index (χ4n) is 2.21. The zero-order chi connectivity index (χ0) is 12.6. The van der Waals surface area contributed by atoms with Crippen LogP contribution in [0.15, 0.2) is 24.3 Å². The number of aryl methyl sites for hydroxylation is 1. The summed E-state index contributed by atoms with van der Waals surface area (Å²) in [4.78, 5) is 11.6. The first kappa shape index (κ1) is 11.7. The summed E-state index contributed by atoms with van der Waals surface area (Å²) in [5.41, 5.74) is 8.53. The molecular formula is C15H20N2O. The van der Waals surface area contributed by atoms with E-state index in [-0.39, 0.29) is 11.4 Å². The van der Waals surface area contributed by atoms with Crippen LogP contribution in [0.1, 0.15) is 43.2 Å². The molecule has 0 aromatic heterocycles. The monoisotopic (exact) mass is 244 g/mol. The standard InChI is InChI=1S/C15H20N2O/c16-15(9-10-15)12-4-1-11(2-5-12)3-8-14(18)17-13-6-7-13/h1-2,4-5,13H,3,6-10,16H2,(H,17,18). The molecule has 0 atom stereocenters. The number of amides is 1. The maximum absolute atomic E-state index is 11.6. The Balaban J connectivity index is 1.51. The quantitative estimate of drug-likeness (QED) is 0.830. The molecule has 0 saturated heterocycles. The van der Waals surface area contributed by atoms with Crippen LogP contribution in [0.3, 0.4) is 0 Å². The third-order valence-corrected chi connectivity index (χ3v) is 3.90. The fraction of sp³-hybridized carbons (Fsp3) is 0.533. The van der Waals surface area contributed by atoms with E-state index in [1.807, 2.05) is 0 Å². The summed E-state index contributed by atoms with van der Waals surface area (Å²) in [7, 11) is 0. The molecule has 3 nitrogen and oxygen atoms in total. The van der Waals surface area contributed by atoms with Crippen LogP contribution in [0.4, 0.5) is 0 Å². The largest absolute Gasteiger partial charge is 0.353 e. The summed E-state index contributed by atoms with van der Waals surface area (Å²) >= 11 is 0. The molecule has 2 fully saturated rings. The van der Waals surface area contributed by atoms with Crippen molar-refractivity contribution in [2.24, 2.45) is 5.73 Å². The number of hydrogen-bond donors (Lipinski definition) is 2. The van der Waals surface area contributed by atoms with Gasteiger partial charge in [-0.2, -0.15) is 0 Å². The zero-order valence-corrected chi connectivity index (χ0v) is 10.6. The second-order valence-corrected chi connectivity index (χ2v) is 5.69. The van der Waals surface area contributed by atoms with Crippen molar-refractivity contribution in [3.8, 4) is 0 Å². The Morgan fingerprint density at radius 1 is 1.28 bits per heavy atom. The van der Waals surface area contributed by atoms with E-state index >= 15 is 0 Å². The molecule has 3 rings (SSSR count). The molecule has 18 heavy (non-hydrogen) atoms. The highest BCUT2D eigenvalue weighted by Gasteiger charge is 2.39. The van der Waals surface area contributed by atoms with Gasteiger partial charge in [-0.05, 0) is 43.2 Å². The second-order valence-electron chi connectivity index (χ2n) is 5.69. The number of rotatable bonds is 5. The summed E-state index contributed by atoms with van der Waals surface area (Å²) in [6.45, 7) is 0. The molecule has 2 aliphatic carbocycles. The maximum Gasteiger partial charge on any atom is 0.220 e. The van der Waals surface area contributed by atoms with E-state index in [2.05, 4.69) is 29.6 Å². The van der Waals surface area contributed by atoms with Gasteiger partial charge in [0.15, 0.2) is 0 Å². The molecule has 0 spiro atoms. The van der Waals surface area contributed by atoms with Crippen LogP contribution in [-0.4, -0.2) is 11.9 Å². The van der Waals surface area contributed by atoms with Gasteiger partial charge in [-0.1, -0.05) is 24.3 Å². The SMILES string of the molecule is NC1(c2ccc(CCC(=O)NC3CC3)cc2)CC1. The first-order valence-electron chi connectivity index (χ1n) is 6.83. The molecular weight excluding hydrogens is 224 g/mol. The Bertz CT molecular complexity index is 444. The summed E-state index contributed by atoms with van der Waals surface area (Å²) in [6, 6.07) is 8.90. The molecule has 96 valence electrons. The predicted octanol–water partition coefficient (Wildman–Crippen LogP) is 1.85. The zero-order valence-electron chi connectivity index (χ0n) is 10.6. The van der Waals surface area contributed by atoms with Crippen LogP contribution in [0.2, 0.25) is 0 Å². The minimum absolute atomic E-state index is 0.0537. The Kier molecular flexibility index (Phi) is 2.86. The lowest BCUT2D eigenvalue weighted by atomic mass is 10.0. The van der Waals surface area contributed by atoms with Gasteiger partial charge in [0, 0.05) is 18.0 Å². The van der Waals surface area contributed by atoms with Crippen LogP contribution >= 0.6 is 0 Å². The van der Waals surface area contributed by atoms with Gasteiger partial charge in [0.2, 0.25) is 5.91 Å². The molecule has 2 saturated carbocycles. The number of benzene rings is 1. The van der Waals surface area contributed by atoms with Crippen molar-refractivity contribution in [1.82, 2.24) is 5.32 Å². The van der Waals surface area contributed by atoms with Gasteiger partial charge in [0.1, 0.15) is 0 Å². The first-order chi connectivity index (χ1) is 8.66.